The summed E-state index contributed by atoms with van der Waals surface area (Å²) in [5.41, 5.74) is 4.56. The molecule has 0 atom stereocenters. The zero-order valence-corrected chi connectivity index (χ0v) is 18.3. The molecule has 2 aromatic carbocycles. The number of benzene rings is 2. The van der Waals surface area contributed by atoms with Gasteiger partial charge in [-0.2, -0.15) is 0 Å². The molecular formula is C26H26N4O2. The lowest BCUT2D eigenvalue weighted by atomic mass is 10.1. The fourth-order valence-corrected chi connectivity index (χ4v) is 3.52. The zero-order valence-electron chi connectivity index (χ0n) is 18.3. The van der Waals surface area contributed by atoms with E-state index in [4.69, 9.17) is 0 Å². The van der Waals surface area contributed by atoms with E-state index >= 15 is 0 Å². The van der Waals surface area contributed by atoms with Crippen LogP contribution in [0.1, 0.15) is 37.3 Å². The van der Waals surface area contributed by atoms with Crippen LogP contribution in [0.5, 0.6) is 0 Å². The van der Waals surface area contributed by atoms with E-state index in [9.17, 15) is 9.59 Å². The number of hydrogen-bond donors (Lipinski definition) is 1. The van der Waals surface area contributed by atoms with Gasteiger partial charge in [-0.05, 0) is 48.7 Å². The van der Waals surface area contributed by atoms with Gasteiger partial charge in [0.15, 0.2) is 0 Å². The third kappa shape index (κ3) is 4.91. The number of nitrogens with zero attached hydrogens (tertiary/aromatic N) is 3. The molecule has 2 aromatic heterocycles. The van der Waals surface area contributed by atoms with Gasteiger partial charge in [-0.3, -0.25) is 14.2 Å². The normalized spacial score (nSPS) is 10.9. The summed E-state index contributed by atoms with van der Waals surface area (Å²) in [7, 11) is 0. The number of carbonyl (C=O) groups is 1. The van der Waals surface area contributed by atoms with Crippen molar-refractivity contribution in [2.24, 2.45) is 0 Å². The number of hydrogen-bond acceptors (Lipinski definition) is 4. The first kappa shape index (κ1) is 21.4. The highest BCUT2D eigenvalue weighted by molar-refractivity contribution is 5.90. The van der Waals surface area contributed by atoms with Crippen LogP contribution in [0.3, 0.4) is 0 Å². The van der Waals surface area contributed by atoms with Crippen molar-refractivity contribution in [2.75, 3.05) is 5.32 Å². The molecule has 0 aliphatic heterocycles. The molecule has 1 amide bonds. The minimum atomic E-state index is -0.0785. The fourth-order valence-electron chi connectivity index (χ4n) is 3.52. The Balaban J connectivity index is 1.58. The number of pyridine rings is 1. The van der Waals surface area contributed by atoms with Gasteiger partial charge in [-0.15, -0.1) is 0 Å². The molecule has 6 nitrogen and oxygen atoms in total. The maximum Gasteiger partial charge on any atom is 0.261 e. The number of nitrogens with one attached hydrogen (secondary N) is 1. The third-order valence-electron chi connectivity index (χ3n) is 5.42. The van der Waals surface area contributed by atoms with Gasteiger partial charge < -0.3 is 5.32 Å². The van der Waals surface area contributed by atoms with Crippen LogP contribution in [0.2, 0.25) is 0 Å². The number of aryl methyl sites for hydroxylation is 1. The van der Waals surface area contributed by atoms with Crippen LogP contribution in [-0.2, 0) is 11.3 Å². The fraction of sp³-hybridized carbons (Fsp3) is 0.231. The SMILES string of the molecule is CCCCC(=O)Nc1ccc(-c2ccc3ncn(Cc4ccc(C)cc4)c(=O)c3c2)cn1. The van der Waals surface area contributed by atoms with Crippen LogP contribution < -0.4 is 10.9 Å². The van der Waals surface area contributed by atoms with Crippen molar-refractivity contribution in [1.29, 1.82) is 0 Å². The van der Waals surface area contributed by atoms with E-state index in [-0.39, 0.29) is 11.5 Å². The minimum Gasteiger partial charge on any atom is -0.311 e. The summed E-state index contributed by atoms with van der Waals surface area (Å²) in [4.78, 5) is 33.8. The highest BCUT2D eigenvalue weighted by Gasteiger charge is 2.09. The number of rotatable bonds is 7. The standard InChI is InChI=1S/C26H26N4O2/c1-3-4-5-25(31)29-24-13-11-21(15-27-24)20-10-12-23-22(14-20)26(32)30(17-28-23)16-19-8-6-18(2)7-9-19/h6-15,17H,3-5,16H2,1-2H3,(H,27,29,31). The van der Waals surface area contributed by atoms with E-state index in [0.717, 1.165) is 29.5 Å². The summed E-state index contributed by atoms with van der Waals surface area (Å²) in [5, 5.41) is 3.38. The molecule has 1 N–H and O–H groups in total. The van der Waals surface area contributed by atoms with Crippen molar-refractivity contribution in [3.8, 4) is 11.1 Å². The van der Waals surface area contributed by atoms with Crippen molar-refractivity contribution >= 4 is 22.6 Å². The van der Waals surface area contributed by atoms with Crippen molar-refractivity contribution < 1.29 is 4.79 Å². The quantitative estimate of drug-likeness (QED) is 0.454. The Morgan fingerprint density at radius 2 is 1.78 bits per heavy atom. The Hall–Kier alpha value is -3.80. The van der Waals surface area contributed by atoms with E-state index in [1.807, 2.05) is 55.5 Å². The second-order valence-corrected chi connectivity index (χ2v) is 7.98. The molecule has 0 fully saturated rings. The highest BCUT2D eigenvalue weighted by atomic mass is 16.1. The molecule has 4 rings (SSSR count). The van der Waals surface area contributed by atoms with E-state index in [2.05, 4.69) is 22.2 Å². The van der Waals surface area contributed by atoms with E-state index in [1.165, 1.54) is 5.56 Å². The molecule has 6 heteroatoms. The second kappa shape index (κ2) is 9.56. The number of anilines is 1. The predicted octanol–water partition coefficient (Wildman–Crippen LogP) is 4.94. The summed E-state index contributed by atoms with van der Waals surface area (Å²) in [6.07, 6.45) is 5.63. The smallest absolute Gasteiger partial charge is 0.261 e. The Labute approximate surface area is 187 Å². The maximum atomic E-state index is 13.1. The van der Waals surface area contributed by atoms with Crippen molar-refractivity contribution in [1.82, 2.24) is 14.5 Å². The molecule has 2 heterocycles. The van der Waals surface area contributed by atoms with Gasteiger partial charge in [0.25, 0.3) is 5.56 Å². The van der Waals surface area contributed by atoms with Crippen LogP contribution in [0, 0.1) is 6.92 Å². The van der Waals surface area contributed by atoms with Gasteiger partial charge in [0, 0.05) is 18.2 Å². The molecule has 0 saturated carbocycles. The first-order valence-corrected chi connectivity index (χ1v) is 10.8. The lowest BCUT2D eigenvalue weighted by Crippen LogP contribution is -2.21. The Kier molecular flexibility index (Phi) is 6.40. The van der Waals surface area contributed by atoms with Gasteiger partial charge in [0.2, 0.25) is 5.91 Å². The monoisotopic (exact) mass is 426 g/mol. The van der Waals surface area contributed by atoms with Crippen molar-refractivity contribution in [3.05, 3.63) is 88.6 Å². The largest absolute Gasteiger partial charge is 0.311 e. The predicted molar refractivity (Wildman–Crippen MR) is 128 cm³/mol. The molecule has 0 aliphatic rings. The van der Waals surface area contributed by atoms with E-state index < -0.39 is 0 Å². The zero-order chi connectivity index (χ0) is 22.5. The lowest BCUT2D eigenvalue weighted by Gasteiger charge is -2.09. The highest BCUT2D eigenvalue weighted by Crippen LogP contribution is 2.22. The molecule has 0 saturated heterocycles. The average molecular weight is 427 g/mol. The Morgan fingerprint density at radius 1 is 1.00 bits per heavy atom. The first-order valence-electron chi connectivity index (χ1n) is 10.8. The van der Waals surface area contributed by atoms with Gasteiger partial charge in [0.05, 0.1) is 23.8 Å². The number of unbranched alkanes of at least 4 members (excludes halogenated alkanes) is 1. The van der Waals surface area contributed by atoms with Crippen LogP contribution in [0.25, 0.3) is 22.0 Å². The van der Waals surface area contributed by atoms with E-state index in [1.54, 1.807) is 23.2 Å². The van der Waals surface area contributed by atoms with Gasteiger partial charge in [0.1, 0.15) is 5.82 Å². The molecule has 0 radical (unpaired) electrons. The maximum absolute atomic E-state index is 13.1. The second-order valence-electron chi connectivity index (χ2n) is 7.98. The molecule has 4 aromatic rings. The summed E-state index contributed by atoms with van der Waals surface area (Å²) >= 11 is 0. The van der Waals surface area contributed by atoms with Gasteiger partial charge >= 0.3 is 0 Å². The summed E-state index contributed by atoms with van der Waals surface area (Å²) in [6.45, 7) is 4.56. The van der Waals surface area contributed by atoms with Crippen LogP contribution in [0.15, 0.2) is 71.9 Å². The lowest BCUT2D eigenvalue weighted by molar-refractivity contribution is -0.116. The topological polar surface area (TPSA) is 76.9 Å². The van der Waals surface area contributed by atoms with Crippen LogP contribution in [-0.4, -0.2) is 20.4 Å². The summed E-state index contributed by atoms with van der Waals surface area (Å²) < 4.78 is 1.63. The van der Waals surface area contributed by atoms with Gasteiger partial charge in [-0.25, -0.2) is 9.97 Å². The molecule has 0 bridgehead atoms. The van der Waals surface area contributed by atoms with E-state index in [0.29, 0.717) is 29.7 Å². The number of amides is 1. The molecule has 0 spiro atoms. The van der Waals surface area contributed by atoms with Gasteiger partial charge in [-0.1, -0.05) is 49.2 Å². The summed E-state index contributed by atoms with van der Waals surface area (Å²) in [5.74, 6) is 0.496. The van der Waals surface area contributed by atoms with Crippen LogP contribution in [0.4, 0.5) is 5.82 Å². The van der Waals surface area contributed by atoms with Crippen molar-refractivity contribution in [3.63, 3.8) is 0 Å². The van der Waals surface area contributed by atoms with Crippen molar-refractivity contribution in [2.45, 2.75) is 39.7 Å². The Bertz CT molecular complexity index is 1290. The Morgan fingerprint density at radius 3 is 2.50 bits per heavy atom. The number of aromatic nitrogens is 3. The third-order valence-corrected chi connectivity index (χ3v) is 5.42. The molecule has 162 valence electrons. The molecule has 0 aliphatic carbocycles. The van der Waals surface area contributed by atoms with Crippen LogP contribution >= 0.6 is 0 Å². The minimum absolute atomic E-state index is 0.0296. The molecule has 32 heavy (non-hydrogen) atoms. The molecular weight excluding hydrogens is 400 g/mol. The summed E-state index contributed by atoms with van der Waals surface area (Å²) in [6, 6.07) is 17.4. The average Bonchev–Trinajstić information content (AvgIpc) is 2.81. The molecule has 0 unspecified atom stereocenters. The number of carbonyl (C=O) groups excluding carboxylic acids is 1. The first-order chi connectivity index (χ1) is 15.5. The number of fused-ring (bicyclic) bond motifs is 1.